The lowest BCUT2D eigenvalue weighted by molar-refractivity contribution is -0.118. The average molecular weight is 322 g/mol. The van der Waals surface area contributed by atoms with Crippen molar-refractivity contribution in [2.75, 3.05) is 16.0 Å². The van der Waals surface area contributed by atoms with Gasteiger partial charge in [0.15, 0.2) is 0 Å². The standard InChI is InChI=1S/C19H22N4O/c1-3-11(4-2)17-13-8-15-16(9-14(13)23-19(17)24)22-18(21-15)12-6-5-7-20-10-12/h5-11,17-18,21-22H,3-4H2,1-2H3,(H,23,24). The molecule has 4 rings (SSSR count). The fourth-order valence-electron chi connectivity index (χ4n) is 3.86. The van der Waals surface area contributed by atoms with Crippen molar-refractivity contribution >= 4 is 23.0 Å². The van der Waals surface area contributed by atoms with Crippen LogP contribution in [0, 0.1) is 5.92 Å². The number of rotatable bonds is 4. The maximum Gasteiger partial charge on any atom is 0.232 e. The van der Waals surface area contributed by atoms with Gasteiger partial charge >= 0.3 is 0 Å². The van der Waals surface area contributed by atoms with Crippen LogP contribution in [-0.4, -0.2) is 10.9 Å². The summed E-state index contributed by atoms with van der Waals surface area (Å²) in [6.45, 7) is 4.32. The Morgan fingerprint density at radius 2 is 1.88 bits per heavy atom. The Morgan fingerprint density at radius 1 is 1.12 bits per heavy atom. The quantitative estimate of drug-likeness (QED) is 0.793. The number of hydrogen-bond acceptors (Lipinski definition) is 4. The van der Waals surface area contributed by atoms with Crippen LogP contribution in [0.15, 0.2) is 36.7 Å². The van der Waals surface area contributed by atoms with E-state index in [-0.39, 0.29) is 18.0 Å². The summed E-state index contributed by atoms with van der Waals surface area (Å²) in [4.78, 5) is 16.6. The van der Waals surface area contributed by atoms with Crippen LogP contribution in [0.3, 0.4) is 0 Å². The van der Waals surface area contributed by atoms with Gasteiger partial charge < -0.3 is 16.0 Å². The van der Waals surface area contributed by atoms with Crippen molar-refractivity contribution in [2.24, 2.45) is 5.92 Å². The van der Waals surface area contributed by atoms with Crippen LogP contribution in [0.5, 0.6) is 0 Å². The Morgan fingerprint density at radius 3 is 2.54 bits per heavy atom. The summed E-state index contributed by atoms with van der Waals surface area (Å²) in [6, 6.07) is 8.17. The third kappa shape index (κ3) is 2.31. The van der Waals surface area contributed by atoms with E-state index in [9.17, 15) is 4.79 Å². The minimum atomic E-state index is -0.0421. The number of amides is 1. The molecule has 2 atom stereocenters. The second-order valence-corrected chi connectivity index (χ2v) is 6.54. The molecule has 0 radical (unpaired) electrons. The number of pyridine rings is 1. The number of carbonyl (C=O) groups is 1. The predicted octanol–water partition coefficient (Wildman–Crippen LogP) is 4.09. The van der Waals surface area contributed by atoms with Gasteiger partial charge in [-0.25, -0.2) is 0 Å². The van der Waals surface area contributed by atoms with Gasteiger partial charge in [0.2, 0.25) is 5.91 Å². The zero-order valence-electron chi connectivity index (χ0n) is 14.0. The molecule has 0 spiro atoms. The number of nitrogens with zero attached hydrogens (tertiary/aromatic N) is 1. The van der Waals surface area contributed by atoms with Crippen molar-refractivity contribution in [2.45, 2.75) is 38.8 Å². The monoisotopic (exact) mass is 322 g/mol. The Bertz CT molecular complexity index is 770. The van der Waals surface area contributed by atoms with Crippen molar-refractivity contribution in [1.82, 2.24) is 4.98 Å². The highest BCUT2D eigenvalue weighted by Crippen LogP contribution is 2.46. The molecule has 3 heterocycles. The molecule has 0 aliphatic carbocycles. The molecule has 2 aliphatic heterocycles. The molecule has 124 valence electrons. The molecule has 3 N–H and O–H groups in total. The lowest BCUT2D eigenvalue weighted by atomic mass is 9.83. The summed E-state index contributed by atoms with van der Waals surface area (Å²) in [5, 5.41) is 10.0. The maximum atomic E-state index is 12.4. The van der Waals surface area contributed by atoms with Gasteiger partial charge in [-0.2, -0.15) is 0 Å². The largest absolute Gasteiger partial charge is 0.360 e. The molecule has 24 heavy (non-hydrogen) atoms. The zero-order chi connectivity index (χ0) is 16.7. The first-order valence-electron chi connectivity index (χ1n) is 8.63. The molecule has 5 nitrogen and oxygen atoms in total. The molecule has 0 saturated heterocycles. The van der Waals surface area contributed by atoms with Crippen LogP contribution in [0.2, 0.25) is 0 Å². The molecule has 0 fully saturated rings. The number of hydrogen-bond donors (Lipinski definition) is 3. The van der Waals surface area contributed by atoms with E-state index in [1.807, 2.05) is 24.4 Å². The fourth-order valence-corrected chi connectivity index (χ4v) is 3.86. The normalized spacial score (nSPS) is 21.0. The molecular weight excluding hydrogens is 300 g/mol. The van der Waals surface area contributed by atoms with E-state index >= 15 is 0 Å². The van der Waals surface area contributed by atoms with Crippen LogP contribution in [0.4, 0.5) is 17.1 Å². The van der Waals surface area contributed by atoms with E-state index in [1.165, 1.54) is 0 Å². The number of anilines is 3. The van der Waals surface area contributed by atoms with Crippen LogP contribution in [0.1, 0.15) is 49.9 Å². The number of carbonyl (C=O) groups excluding carboxylic acids is 1. The SMILES string of the molecule is CCC(CC)C1C(=O)Nc2cc3c(cc21)NC(c1cccnc1)N3. The molecule has 2 unspecified atom stereocenters. The molecular formula is C19H22N4O. The van der Waals surface area contributed by atoms with Crippen molar-refractivity contribution in [3.63, 3.8) is 0 Å². The first kappa shape index (κ1) is 15.0. The molecule has 1 aromatic carbocycles. The van der Waals surface area contributed by atoms with Crippen molar-refractivity contribution < 1.29 is 4.79 Å². The van der Waals surface area contributed by atoms with Gasteiger partial charge in [0.1, 0.15) is 6.17 Å². The van der Waals surface area contributed by atoms with Crippen molar-refractivity contribution in [3.05, 3.63) is 47.8 Å². The third-order valence-corrected chi connectivity index (χ3v) is 5.20. The molecule has 1 amide bonds. The molecule has 2 aliphatic rings. The van der Waals surface area contributed by atoms with E-state index in [0.717, 1.165) is 41.0 Å². The van der Waals surface area contributed by atoms with Crippen molar-refractivity contribution in [3.8, 4) is 0 Å². The van der Waals surface area contributed by atoms with E-state index in [4.69, 9.17) is 0 Å². The lowest BCUT2D eigenvalue weighted by Gasteiger charge is -2.19. The highest BCUT2D eigenvalue weighted by Gasteiger charge is 2.37. The summed E-state index contributed by atoms with van der Waals surface area (Å²) in [5.41, 5.74) is 5.22. The van der Waals surface area contributed by atoms with Gasteiger partial charge in [0.25, 0.3) is 0 Å². The second-order valence-electron chi connectivity index (χ2n) is 6.54. The first-order valence-corrected chi connectivity index (χ1v) is 8.63. The topological polar surface area (TPSA) is 66.0 Å². The Kier molecular flexibility index (Phi) is 3.63. The van der Waals surface area contributed by atoms with E-state index < -0.39 is 0 Å². The Hall–Kier alpha value is -2.56. The van der Waals surface area contributed by atoms with Gasteiger partial charge in [0.05, 0.1) is 17.3 Å². The molecule has 0 bridgehead atoms. The van der Waals surface area contributed by atoms with Crippen LogP contribution >= 0.6 is 0 Å². The van der Waals surface area contributed by atoms with Gasteiger partial charge in [-0.05, 0) is 29.7 Å². The van der Waals surface area contributed by atoms with Crippen LogP contribution in [-0.2, 0) is 4.79 Å². The van der Waals surface area contributed by atoms with Crippen LogP contribution in [0.25, 0.3) is 0 Å². The average Bonchev–Trinajstić information content (AvgIpc) is 3.15. The minimum Gasteiger partial charge on any atom is -0.360 e. The van der Waals surface area contributed by atoms with Gasteiger partial charge in [-0.1, -0.05) is 32.8 Å². The number of nitrogens with one attached hydrogen (secondary N) is 3. The third-order valence-electron chi connectivity index (χ3n) is 5.20. The summed E-state index contributed by atoms with van der Waals surface area (Å²) in [5.74, 6) is 0.471. The minimum absolute atomic E-state index is 0.0125. The molecule has 2 aromatic rings. The maximum absolute atomic E-state index is 12.4. The molecule has 0 saturated carbocycles. The molecule has 1 aromatic heterocycles. The van der Waals surface area contributed by atoms with Crippen LogP contribution < -0.4 is 16.0 Å². The second kappa shape index (κ2) is 5.82. The molecule has 5 heteroatoms. The van der Waals surface area contributed by atoms with Gasteiger partial charge in [0, 0.05) is 23.6 Å². The smallest absolute Gasteiger partial charge is 0.232 e. The Labute approximate surface area is 141 Å². The van der Waals surface area contributed by atoms with E-state index in [1.54, 1.807) is 6.20 Å². The van der Waals surface area contributed by atoms with Gasteiger partial charge in [-0.15, -0.1) is 0 Å². The zero-order valence-corrected chi connectivity index (χ0v) is 14.0. The number of fused-ring (bicyclic) bond motifs is 2. The van der Waals surface area contributed by atoms with Crippen molar-refractivity contribution in [1.29, 1.82) is 0 Å². The first-order chi connectivity index (χ1) is 11.7. The number of aromatic nitrogens is 1. The van der Waals surface area contributed by atoms with E-state index in [2.05, 4.69) is 40.8 Å². The van der Waals surface area contributed by atoms with Gasteiger partial charge in [-0.3, -0.25) is 9.78 Å². The van der Waals surface area contributed by atoms with E-state index in [0.29, 0.717) is 5.92 Å². The summed E-state index contributed by atoms with van der Waals surface area (Å²) in [7, 11) is 0. The summed E-state index contributed by atoms with van der Waals surface area (Å²) >= 11 is 0. The predicted molar refractivity (Wildman–Crippen MR) is 96.1 cm³/mol. The lowest BCUT2D eigenvalue weighted by Crippen LogP contribution is -2.20. The number of benzene rings is 1. The highest BCUT2D eigenvalue weighted by molar-refractivity contribution is 6.05. The summed E-state index contributed by atoms with van der Waals surface area (Å²) < 4.78 is 0. The Balaban J connectivity index is 1.66. The fraction of sp³-hybridized carbons (Fsp3) is 0.368. The summed E-state index contributed by atoms with van der Waals surface area (Å²) in [6.07, 6.45) is 5.66. The highest BCUT2D eigenvalue weighted by atomic mass is 16.2.